The van der Waals surface area contributed by atoms with Gasteiger partial charge in [-0.05, 0) is 49.1 Å². The van der Waals surface area contributed by atoms with E-state index >= 15 is 0 Å². The first-order chi connectivity index (χ1) is 9.23. The van der Waals surface area contributed by atoms with Crippen LogP contribution in [0.2, 0.25) is 0 Å². The summed E-state index contributed by atoms with van der Waals surface area (Å²) >= 11 is 0. The zero-order chi connectivity index (χ0) is 13.3. The highest BCUT2D eigenvalue weighted by Gasteiger charge is 2.40. The van der Waals surface area contributed by atoms with E-state index in [1.165, 1.54) is 12.1 Å². The summed E-state index contributed by atoms with van der Waals surface area (Å²) in [6, 6.07) is 6.23. The lowest BCUT2D eigenvalue weighted by atomic mass is 9.76. The first-order valence-electron chi connectivity index (χ1n) is 6.26. The molecule has 1 amide bonds. The second-order valence-corrected chi connectivity index (χ2v) is 4.85. The van der Waals surface area contributed by atoms with Gasteiger partial charge < -0.3 is 10.3 Å². The number of amides is 1. The Bertz CT molecular complexity index is 587. The van der Waals surface area contributed by atoms with Crippen LogP contribution in [0.5, 0.6) is 0 Å². The number of carbonyl (C=O) groups is 1. The van der Waals surface area contributed by atoms with Gasteiger partial charge in [-0.1, -0.05) is 0 Å². The predicted molar refractivity (Wildman–Crippen MR) is 68.7 cm³/mol. The molecular weight excluding hydrogens is 245 g/mol. The van der Waals surface area contributed by atoms with Gasteiger partial charge >= 0.3 is 0 Å². The number of H-pyrrole nitrogens is 1. The monoisotopic (exact) mass is 259 g/mol. The summed E-state index contributed by atoms with van der Waals surface area (Å²) in [7, 11) is 0. The highest BCUT2D eigenvalue weighted by Crippen LogP contribution is 2.39. The third-order valence-electron chi connectivity index (χ3n) is 3.73. The van der Waals surface area contributed by atoms with Crippen LogP contribution in [0.15, 0.2) is 30.5 Å². The van der Waals surface area contributed by atoms with Crippen LogP contribution < -0.4 is 5.32 Å². The van der Waals surface area contributed by atoms with E-state index in [4.69, 9.17) is 0 Å². The van der Waals surface area contributed by atoms with Crippen molar-refractivity contribution in [2.24, 2.45) is 0 Å². The molecule has 1 fully saturated rings. The van der Waals surface area contributed by atoms with E-state index in [9.17, 15) is 9.18 Å². The lowest BCUT2D eigenvalue weighted by molar-refractivity contribution is -0.112. The van der Waals surface area contributed by atoms with Gasteiger partial charge in [-0.15, -0.1) is 0 Å². The topological polar surface area (TPSA) is 57.8 Å². The number of rotatable bonds is 4. The summed E-state index contributed by atoms with van der Waals surface area (Å²) in [6.45, 7) is 0. The molecular formula is C14H14FN3O. The predicted octanol–water partition coefficient (Wildman–Crippen LogP) is 2.34. The zero-order valence-corrected chi connectivity index (χ0v) is 10.3. The number of aromatic nitrogens is 2. The van der Waals surface area contributed by atoms with Crippen LogP contribution >= 0.6 is 0 Å². The van der Waals surface area contributed by atoms with Crippen molar-refractivity contribution >= 4 is 6.41 Å². The Balaban J connectivity index is 1.90. The number of nitrogens with zero attached hydrogens (tertiary/aromatic N) is 1. The fraction of sp³-hybridized carbons (Fsp3) is 0.286. The van der Waals surface area contributed by atoms with Crippen LogP contribution in [0.4, 0.5) is 4.39 Å². The van der Waals surface area contributed by atoms with Gasteiger partial charge in [0.1, 0.15) is 11.6 Å². The van der Waals surface area contributed by atoms with Crippen LogP contribution in [-0.4, -0.2) is 16.4 Å². The molecule has 0 spiro atoms. The molecule has 1 aromatic carbocycles. The van der Waals surface area contributed by atoms with Crippen molar-refractivity contribution in [1.82, 2.24) is 15.3 Å². The lowest BCUT2D eigenvalue weighted by Crippen LogP contribution is -2.48. The van der Waals surface area contributed by atoms with Crippen LogP contribution in [0.25, 0.3) is 11.3 Å². The summed E-state index contributed by atoms with van der Waals surface area (Å²) in [6.07, 6.45) is 5.30. The molecule has 0 atom stereocenters. The molecule has 4 nitrogen and oxygen atoms in total. The maximum Gasteiger partial charge on any atom is 0.207 e. The van der Waals surface area contributed by atoms with Gasteiger partial charge in [-0.2, -0.15) is 0 Å². The molecule has 19 heavy (non-hydrogen) atoms. The maximum atomic E-state index is 12.9. The fourth-order valence-electron chi connectivity index (χ4n) is 2.43. The van der Waals surface area contributed by atoms with Gasteiger partial charge in [-0.3, -0.25) is 4.79 Å². The van der Waals surface area contributed by atoms with Crippen molar-refractivity contribution in [2.45, 2.75) is 24.8 Å². The minimum atomic E-state index is -0.347. The second-order valence-electron chi connectivity index (χ2n) is 4.85. The highest BCUT2D eigenvalue weighted by molar-refractivity contribution is 5.59. The average Bonchev–Trinajstić information content (AvgIpc) is 2.84. The first kappa shape index (κ1) is 11.9. The van der Waals surface area contributed by atoms with Crippen molar-refractivity contribution < 1.29 is 9.18 Å². The van der Waals surface area contributed by atoms with E-state index in [0.29, 0.717) is 0 Å². The van der Waals surface area contributed by atoms with Crippen LogP contribution in [0.1, 0.15) is 25.1 Å². The molecule has 1 aliphatic rings. The number of carbonyl (C=O) groups excluding carboxylic acids is 1. The molecule has 0 aliphatic heterocycles. The van der Waals surface area contributed by atoms with Gasteiger partial charge in [0.25, 0.3) is 0 Å². The maximum absolute atomic E-state index is 12.9. The Morgan fingerprint density at radius 3 is 2.63 bits per heavy atom. The molecule has 3 rings (SSSR count). The Labute approximate surface area is 110 Å². The number of halogens is 1. The molecule has 1 saturated carbocycles. The number of hydrogen-bond donors (Lipinski definition) is 2. The van der Waals surface area contributed by atoms with E-state index in [2.05, 4.69) is 15.3 Å². The Morgan fingerprint density at radius 2 is 2.05 bits per heavy atom. The average molecular weight is 259 g/mol. The largest absolute Gasteiger partial charge is 0.346 e. The van der Waals surface area contributed by atoms with Crippen molar-refractivity contribution in [3.8, 4) is 11.3 Å². The molecule has 98 valence electrons. The molecule has 1 aromatic heterocycles. The number of aromatic amines is 1. The summed E-state index contributed by atoms with van der Waals surface area (Å²) in [5.74, 6) is 0.506. The van der Waals surface area contributed by atoms with Crippen molar-refractivity contribution in [3.63, 3.8) is 0 Å². The number of benzene rings is 1. The summed E-state index contributed by atoms with van der Waals surface area (Å²) in [4.78, 5) is 18.3. The zero-order valence-electron chi connectivity index (χ0n) is 10.3. The minimum Gasteiger partial charge on any atom is -0.346 e. The highest BCUT2D eigenvalue weighted by atomic mass is 19.1. The van der Waals surface area contributed by atoms with Gasteiger partial charge in [0.05, 0.1) is 17.4 Å². The molecule has 5 heteroatoms. The SMILES string of the molecule is O=CNC1(c2ncc(-c3ccc(F)cc3)[nH]2)CCC1. The third kappa shape index (κ3) is 2.01. The van der Waals surface area contributed by atoms with Crippen LogP contribution in [0.3, 0.4) is 0 Å². The van der Waals surface area contributed by atoms with Crippen LogP contribution in [0, 0.1) is 5.82 Å². The molecule has 1 aliphatic carbocycles. The Hall–Kier alpha value is -2.17. The molecule has 0 radical (unpaired) electrons. The normalized spacial score (nSPS) is 16.7. The van der Waals surface area contributed by atoms with E-state index in [1.807, 2.05) is 0 Å². The van der Waals surface area contributed by atoms with Gasteiger partial charge in [0, 0.05) is 0 Å². The fourth-order valence-corrected chi connectivity index (χ4v) is 2.43. The number of hydrogen-bond acceptors (Lipinski definition) is 2. The quantitative estimate of drug-likeness (QED) is 0.828. The molecule has 1 heterocycles. The molecule has 0 bridgehead atoms. The smallest absolute Gasteiger partial charge is 0.207 e. The summed E-state index contributed by atoms with van der Waals surface area (Å²) in [5.41, 5.74) is 1.36. The van der Waals surface area contributed by atoms with E-state index in [1.54, 1.807) is 18.3 Å². The summed E-state index contributed by atoms with van der Waals surface area (Å²) in [5, 5.41) is 2.85. The van der Waals surface area contributed by atoms with E-state index in [0.717, 1.165) is 42.8 Å². The number of imidazole rings is 1. The van der Waals surface area contributed by atoms with Gasteiger partial charge in [0.2, 0.25) is 6.41 Å². The molecule has 2 aromatic rings. The third-order valence-corrected chi connectivity index (χ3v) is 3.73. The molecule has 0 saturated heterocycles. The number of nitrogens with one attached hydrogen (secondary N) is 2. The Kier molecular flexibility index (Phi) is 2.81. The standard InChI is InChI=1S/C14H14FN3O/c15-11-4-2-10(3-5-11)12-8-16-13(18-12)14(17-9-19)6-1-7-14/h2-5,8-9H,1,6-7H2,(H,16,18)(H,17,19). The molecule has 0 unspecified atom stereocenters. The second kappa shape index (κ2) is 4.50. The van der Waals surface area contributed by atoms with Gasteiger partial charge in [0.15, 0.2) is 0 Å². The van der Waals surface area contributed by atoms with E-state index < -0.39 is 0 Å². The minimum absolute atomic E-state index is 0.262. The molecule has 2 N–H and O–H groups in total. The van der Waals surface area contributed by atoms with Gasteiger partial charge in [-0.25, -0.2) is 9.37 Å². The van der Waals surface area contributed by atoms with Crippen molar-refractivity contribution in [3.05, 3.63) is 42.1 Å². The van der Waals surface area contributed by atoms with Crippen molar-refractivity contribution in [1.29, 1.82) is 0 Å². The first-order valence-corrected chi connectivity index (χ1v) is 6.26. The van der Waals surface area contributed by atoms with E-state index in [-0.39, 0.29) is 11.4 Å². The Morgan fingerprint density at radius 1 is 1.32 bits per heavy atom. The lowest BCUT2D eigenvalue weighted by Gasteiger charge is -2.39. The van der Waals surface area contributed by atoms with Crippen LogP contribution in [-0.2, 0) is 10.3 Å². The summed E-state index contributed by atoms with van der Waals surface area (Å²) < 4.78 is 12.9. The van der Waals surface area contributed by atoms with Crippen molar-refractivity contribution in [2.75, 3.05) is 0 Å².